The van der Waals surface area contributed by atoms with Crippen LogP contribution in [0.1, 0.15) is 59.5 Å². The lowest BCUT2D eigenvalue weighted by Gasteiger charge is -2.25. The summed E-state index contributed by atoms with van der Waals surface area (Å²) in [5, 5.41) is 19.0. The fourth-order valence-corrected chi connectivity index (χ4v) is 6.00. The van der Waals surface area contributed by atoms with Gasteiger partial charge in [-0.05, 0) is 71.5 Å². The molecule has 4 aromatic rings. The van der Waals surface area contributed by atoms with Gasteiger partial charge in [0, 0.05) is 11.3 Å². The van der Waals surface area contributed by atoms with Crippen molar-refractivity contribution in [2.75, 3.05) is 15.5 Å². The van der Waals surface area contributed by atoms with E-state index in [9.17, 15) is 18.4 Å². The standard InChI is InChI=1S/C26H27N7O4S2/c34-24(28-25-29-31-32-30-25)20-8-6-17(7-9-20)16-33(26(35)27-22-14-15-23(38-22)39(36)37)21-12-10-19(11-13-21)18-4-2-1-3-5-18/h6-15,18H,1-5,16H2,(H,27,35)(H,36,37)(H2,28,29,30,31,32,34). The number of thiophene rings is 1. The number of nitrogens with one attached hydrogen (secondary N) is 3. The van der Waals surface area contributed by atoms with Crippen LogP contribution in [0.25, 0.3) is 0 Å². The normalized spacial score (nSPS) is 14.5. The van der Waals surface area contributed by atoms with E-state index in [0.717, 1.165) is 16.9 Å². The molecule has 2 aromatic heterocycles. The van der Waals surface area contributed by atoms with Crippen molar-refractivity contribution in [3.05, 3.63) is 77.4 Å². The maximum atomic E-state index is 13.4. The summed E-state index contributed by atoms with van der Waals surface area (Å²) in [4.78, 5) is 27.5. The molecule has 5 rings (SSSR count). The molecular formula is C26H27N7O4S2. The second kappa shape index (κ2) is 12.3. The molecule has 1 atom stereocenters. The van der Waals surface area contributed by atoms with E-state index in [-0.39, 0.29) is 28.6 Å². The van der Waals surface area contributed by atoms with E-state index in [1.807, 2.05) is 12.1 Å². The van der Waals surface area contributed by atoms with Gasteiger partial charge < -0.3 is 4.55 Å². The zero-order valence-electron chi connectivity index (χ0n) is 20.9. The molecule has 2 heterocycles. The summed E-state index contributed by atoms with van der Waals surface area (Å²) < 4.78 is 21.0. The first kappa shape index (κ1) is 26.7. The SMILES string of the molecule is O=C(Nc1nn[nH]n1)c1ccc(CN(C(=O)Nc2ccc(S(=O)O)s2)c2ccc(C3CCCCC3)cc2)cc1. The molecule has 11 nitrogen and oxygen atoms in total. The van der Waals surface area contributed by atoms with Crippen LogP contribution in [0.15, 0.2) is 64.9 Å². The number of rotatable bonds is 8. The second-order valence-corrected chi connectivity index (χ2v) is 11.5. The number of hydrogen-bond acceptors (Lipinski definition) is 7. The smallest absolute Gasteiger partial charge is 0.302 e. The van der Waals surface area contributed by atoms with Crippen LogP contribution < -0.4 is 15.5 Å². The first-order valence-electron chi connectivity index (χ1n) is 12.5. The van der Waals surface area contributed by atoms with E-state index in [1.54, 1.807) is 35.2 Å². The second-order valence-electron chi connectivity index (χ2n) is 9.20. The lowest BCUT2D eigenvalue weighted by Crippen LogP contribution is -2.34. The monoisotopic (exact) mass is 565 g/mol. The number of hydrogen-bond donors (Lipinski definition) is 4. The maximum absolute atomic E-state index is 13.4. The predicted octanol–water partition coefficient (Wildman–Crippen LogP) is 5.38. The molecule has 13 heteroatoms. The van der Waals surface area contributed by atoms with Crippen molar-refractivity contribution < 1.29 is 18.4 Å². The highest BCUT2D eigenvalue weighted by Crippen LogP contribution is 2.34. The molecule has 1 aliphatic carbocycles. The summed E-state index contributed by atoms with van der Waals surface area (Å²) in [7, 11) is 0. The van der Waals surface area contributed by atoms with Gasteiger partial charge in [0.15, 0.2) is 11.1 Å². The van der Waals surface area contributed by atoms with Gasteiger partial charge in [0.05, 0.1) is 11.5 Å². The van der Waals surface area contributed by atoms with E-state index in [2.05, 4.69) is 43.4 Å². The summed E-state index contributed by atoms with van der Waals surface area (Å²) >= 11 is -1.07. The minimum absolute atomic E-state index is 0.0744. The third-order valence-electron chi connectivity index (χ3n) is 6.64. The molecule has 1 unspecified atom stereocenters. The van der Waals surface area contributed by atoms with Crippen LogP contribution in [-0.2, 0) is 17.6 Å². The summed E-state index contributed by atoms with van der Waals surface area (Å²) in [6, 6.07) is 17.7. The number of tetrazole rings is 1. The Labute approximate surface area is 231 Å². The van der Waals surface area contributed by atoms with Gasteiger partial charge in [-0.25, -0.2) is 9.00 Å². The predicted molar refractivity (Wildman–Crippen MR) is 149 cm³/mol. The molecule has 1 saturated carbocycles. The molecular weight excluding hydrogens is 538 g/mol. The zero-order chi connectivity index (χ0) is 27.2. The van der Waals surface area contributed by atoms with Gasteiger partial charge in [-0.2, -0.15) is 5.21 Å². The third-order valence-corrected chi connectivity index (χ3v) is 8.59. The first-order valence-corrected chi connectivity index (χ1v) is 14.4. The van der Waals surface area contributed by atoms with E-state index in [0.29, 0.717) is 22.2 Å². The number of nitrogens with zero attached hydrogens (tertiary/aromatic N) is 4. The number of amides is 3. The highest BCUT2D eigenvalue weighted by atomic mass is 32.2. The molecule has 1 fully saturated rings. The number of aromatic nitrogens is 4. The van der Waals surface area contributed by atoms with Crippen LogP contribution in [0.2, 0.25) is 0 Å². The van der Waals surface area contributed by atoms with Crippen molar-refractivity contribution in [1.29, 1.82) is 0 Å². The third kappa shape index (κ3) is 6.74. The number of aromatic amines is 1. The number of benzene rings is 2. The van der Waals surface area contributed by atoms with Crippen molar-refractivity contribution >= 4 is 51.0 Å². The Kier molecular flexibility index (Phi) is 8.39. The number of H-pyrrole nitrogens is 1. The molecule has 0 radical (unpaired) electrons. The quantitative estimate of drug-likeness (QED) is 0.209. The van der Waals surface area contributed by atoms with Crippen LogP contribution >= 0.6 is 11.3 Å². The average Bonchev–Trinajstić information content (AvgIpc) is 3.65. The minimum Gasteiger partial charge on any atom is -0.302 e. The molecule has 0 aliphatic heterocycles. The maximum Gasteiger partial charge on any atom is 0.327 e. The Morgan fingerprint density at radius 3 is 2.38 bits per heavy atom. The van der Waals surface area contributed by atoms with Crippen molar-refractivity contribution in [1.82, 2.24) is 20.6 Å². The molecule has 0 spiro atoms. The highest BCUT2D eigenvalue weighted by Gasteiger charge is 2.20. The molecule has 0 saturated heterocycles. The van der Waals surface area contributed by atoms with E-state index < -0.39 is 11.1 Å². The van der Waals surface area contributed by atoms with Crippen LogP contribution in [-0.4, -0.2) is 41.3 Å². The van der Waals surface area contributed by atoms with Gasteiger partial charge >= 0.3 is 6.03 Å². The summed E-state index contributed by atoms with van der Waals surface area (Å²) in [6.45, 7) is 0.242. The Hall–Kier alpha value is -3.94. The average molecular weight is 566 g/mol. The van der Waals surface area contributed by atoms with Crippen molar-refractivity contribution in [3.8, 4) is 0 Å². The Morgan fingerprint density at radius 2 is 1.74 bits per heavy atom. The Balaban J connectivity index is 1.34. The van der Waals surface area contributed by atoms with E-state index >= 15 is 0 Å². The fourth-order valence-electron chi connectivity index (χ4n) is 4.63. The number of carbonyl (C=O) groups excluding carboxylic acids is 2. The van der Waals surface area contributed by atoms with Crippen LogP contribution in [0.3, 0.4) is 0 Å². The first-order chi connectivity index (χ1) is 19.0. The van der Waals surface area contributed by atoms with E-state index in [4.69, 9.17) is 0 Å². The van der Waals surface area contributed by atoms with Gasteiger partial charge in [-0.15, -0.1) is 16.4 Å². The van der Waals surface area contributed by atoms with Gasteiger partial charge in [0.1, 0.15) is 4.21 Å². The summed E-state index contributed by atoms with van der Waals surface area (Å²) in [5.41, 5.74) is 3.21. The molecule has 4 N–H and O–H groups in total. The minimum atomic E-state index is -2.12. The molecule has 2 aromatic carbocycles. The van der Waals surface area contributed by atoms with Crippen LogP contribution in [0.4, 0.5) is 21.4 Å². The Morgan fingerprint density at radius 1 is 1.00 bits per heavy atom. The summed E-state index contributed by atoms with van der Waals surface area (Å²) in [6.07, 6.45) is 6.14. The fraction of sp³-hybridized carbons (Fsp3) is 0.269. The number of carbonyl (C=O) groups is 2. The largest absolute Gasteiger partial charge is 0.327 e. The molecule has 1 aliphatic rings. The highest BCUT2D eigenvalue weighted by molar-refractivity contribution is 7.82. The molecule has 39 heavy (non-hydrogen) atoms. The van der Waals surface area contributed by atoms with Gasteiger partial charge in [0.25, 0.3) is 11.9 Å². The van der Waals surface area contributed by atoms with Crippen molar-refractivity contribution in [2.24, 2.45) is 0 Å². The Bertz CT molecular complexity index is 1430. The molecule has 0 bridgehead atoms. The van der Waals surface area contributed by atoms with Gasteiger partial charge in [0.2, 0.25) is 0 Å². The lowest BCUT2D eigenvalue weighted by molar-refractivity contribution is 0.102. The van der Waals surface area contributed by atoms with Crippen LogP contribution in [0, 0.1) is 0 Å². The summed E-state index contributed by atoms with van der Waals surface area (Å²) in [5.74, 6) is 0.237. The van der Waals surface area contributed by atoms with Gasteiger partial charge in [-0.3, -0.25) is 20.3 Å². The van der Waals surface area contributed by atoms with E-state index in [1.165, 1.54) is 43.7 Å². The number of anilines is 3. The topological polar surface area (TPSA) is 153 Å². The lowest BCUT2D eigenvalue weighted by atomic mass is 9.84. The molecule has 202 valence electrons. The van der Waals surface area contributed by atoms with Crippen molar-refractivity contribution in [2.45, 2.75) is 48.8 Å². The number of urea groups is 1. The van der Waals surface area contributed by atoms with Crippen molar-refractivity contribution in [3.63, 3.8) is 0 Å². The zero-order valence-corrected chi connectivity index (χ0v) is 22.5. The molecule has 3 amide bonds. The van der Waals surface area contributed by atoms with Crippen LogP contribution in [0.5, 0.6) is 0 Å². The van der Waals surface area contributed by atoms with Gasteiger partial charge in [-0.1, -0.05) is 48.6 Å².